The highest BCUT2D eigenvalue weighted by atomic mass is 15.2. The second-order valence-electron chi connectivity index (χ2n) is 13.4. The van der Waals surface area contributed by atoms with Gasteiger partial charge >= 0.3 is 0 Å². The molecule has 0 unspecified atom stereocenters. The lowest BCUT2D eigenvalue weighted by Gasteiger charge is -2.43. The van der Waals surface area contributed by atoms with E-state index in [0.717, 1.165) is 0 Å². The number of fused-ring (bicyclic) bond motifs is 11. The molecule has 1 aliphatic carbocycles. The van der Waals surface area contributed by atoms with E-state index in [2.05, 4.69) is 160 Å². The largest absolute Gasteiger partial charge is 0.309 e. The SMILES string of the molecule is CC1(C)c2ccccc2-c2cc3c(cc21)N(c1cccc2c4ccccc4c4ccccc4c12)c1ccccc1C3(C)C. The van der Waals surface area contributed by atoms with Gasteiger partial charge in [-0.1, -0.05) is 131 Å². The maximum Gasteiger partial charge on any atom is 0.0546 e. The third-order valence-electron chi connectivity index (χ3n) is 10.4. The number of hydrogen-bond donors (Lipinski definition) is 0. The minimum Gasteiger partial charge on any atom is -0.309 e. The lowest BCUT2D eigenvalue weighted by Crippen LogP contribution is -2.31. The maximum absolute atomic E-state index is 2.57. The van der Waals surface area contributed by atoms with E-state index >= 15 is 0 Å². The first-order valence-corrected chi connectivity index (χ1v) is 15.4. The average molecular weight is 552 g/mol. The molecule has 0 N–H and O–H groups in total. The molecule has 0 saturated carbocycles. The van der Waals surface area contributed by atoms with E-state index in [1.165, 1.54) is 82.8 Å². The molecule has 9 rings (SSSR count). The summed E-state index contributed by atoms with van der Waals surface area (Å²) in [6.45, 7) is 9.56. The summed E-state index contributed by atoms with van der Waals surface area (Å²) in [5, 5.41) is 7.80. The fourth-order valence-corrected chi connectivity index (χ4v) is 8.28. The van der Waals surface area contributed by atoms with Crippen LogP contribution in [0.15, 0.2) is 127 Å². The van der Waals surface area contributed by atoms with Gasteiger partial charge in [0.15, 0.2) is 0 Å². The van der Waals surface area contributed by atoms with Crippen LogP contribution >= 0.6 is 0 Å². The normalized spacial score (nSPS) is 15.8. The van der Waals surface area contributed by atoms with Crippen molar-refractivity contribution < 1.29 is 0 Å². The molecule has 0 saturated heterocycles. The van der Waals surface area contributed by atoms with Crippen LogP contribution < -0.4 is 4.90 Å². The van der Waals surface area contributed by atoms with Gasteiger partial charge in [0.25, 0.3) is 0 Å². The Bertz CT molecular complexity index is 2260. The van der Waals surface area contributed by atoms with Crippen LogP contribution in [0.25, 0.3) is 43.4 Å². The summed E-state index contributed by atoms with van der Waals surface area (Å²) in [5.41, 5.74) is 11.8. The third-order valence-corrected chi connectivity index (χ3v) is 10.4. The van der Waals surface area contributed by atoms with Crippen molar-refractivity contribution in [1.82, 2.24) is 0 Å². The van der Waals surface area contributed by atoms with Crippen LogP contribution in [0, 0.1) is 0 Å². The second-order valence-corrected chi connectivity index (χ2v) is 13.4. The van der Waals surface area contributed by atoms with Gasteiger partial charge in [-0.3, -0.25) is 0 Å². The van der Waals surface area contributed by atoms with Gasteiger partial charge in [0.05, 0.1) is 17.1 Å². The molecule has 0 fully saturated rings. The van der Waals surface area contributed by atoms with Crippen LogP contribution in [0.4, 0.5) is 17.1 Å². The van der Waals surface area contributed by atoms with Crippen molar-refractivity contribution in [2.45, 2.75) is 38.5 Å². The topological polar surface area (TPSA) is 3.24 Å². The first kappa shape index (κ1) is 24.7. The van der Waals surface area contributed by atoms with Crippen LogP contribution in [0.2, 0.25) is 0 Å². The molecule has 7 aromatic carbocycles. The Morgan fingerprint density at radius 1 is 0.372 bits per heavy atom. The van der Waals surface area contributed by atoms with Crippen LogP contribution in [-0.2, 0) is 10.8 Å². The number of nitrogens with zero attached hydrogens (tertiary/aromatic N) is 1. The fraction of sp³-hybridized carbons (Fsp3) is 0.143. The Morgan fingerprint density at radius 2 is 0.884 bits per heavy atom. The van der Waals surface area contributed by atoms with Crippen LogP contribution in [-0.4, -0.2) is 0 Å². The Morgan fingerprint density at radius 3 is 1.60 bits per heavy atom. The van der Waals surface area contributed by atoms with Crippen LogP contribution in [0.1, 0.15) is 49.9 Å². The zero-order valence-electron chi connectivity index (χ0n) is 25.1. The molecule has 2 aliphatic rings. The van der Waals surface area contributed by atoms with Crippen molar-refractivity contribution in [2.24, 2.45) is 0 Å². The molecule has 1 heterocycles. The molecular weight excluding hydrogens is 518 g/mol. The number of para-hydroxylation sites is 1. The molecule has 0 spiro atoms. The quantitative estimate of drug-likeness (QED) is 0.183. The molecule has 1 aliphatic heterocycles. The molecular formula is C42H33N. The maximum atomic E-state index is 2.57. The zero-order chi connectivity index (χ0) is 29.1. The molecule has 0 amide bonds. The van der Waals surface area contributed by atoms with Crippen molar-refractivity contribution in [3.8, 4) is 11.1 Å². The van der Waals surface area contributed by atoms with E-state index in [9.17, 15) is 0 Å². The minimum absolute atomic E-state index is 0.0740. The predicted molar refractivity (Wildman–Crippen MR) is 183 cm³/mol. The average Bonchev–Trinajstić information content (AvgIpc) is 3.26. The van der Waals surface area contributed by atoms with Crippen molar-refractivity contribution in [3.05, 3.63) is 150 Å². The van der Waals surface area contributed by atoms with Gasteiger partial charge in [-0.25, -0.2) is 0 Å². The summed E-state index contributed by atoms with van der Waals surface area (Å²) in [7, 11) is 0. The Hall–Kier alpha value is -4.88. The van der Waals surface area contributed by atoms with Crippen LogP contribution in [0.5, 0.6) is 0 Å². The predicted octanol–water partition coefficient (Wildman–Crippen LogP) is 11.6. The molecule has 0 radical (unpaired) electrons. The summed E-state index contributed by atoms with van der Waals surface area (Å²) < 4.78 is 0. The van der Waals surface area contributed by atoms with E-state index in [0.29, 0.717) is 0 Å². The standard InChI is InChI=1S/C42H33N/c1-41(2)33-20-10-9-17-29(33)32-24-36-39(25-35(32)41)43(37-22-12-11-21-34(37)42(36,3)4)38-23-13-19-31-28-15-6-5-14-26(28)27-16-7-8-18-30(27)40(31)38/h5-25H,1-4H3. The summed E-state index contributed by atoms with van der Waals surface area (Å²) in [6, 6.07) is 47.7. The number of rotatable bonds is 1. The summed E-state index contributed by atoms with van der Waals surface area (Å²) in [4.78, 5) is 2.57. The highest BCUT2D eigenvalue weighted by Crippen LogP contribution is 2.58. The summed E-state index contributed by atoms with van der Waals surface area (Å²) in [5.74, 6) is 0. The smallest absolute Gasteiger partial charge is 0.0546 e. The van der Waals surface area contributed by atoms with Gasteiger partial charge in [-0.05, 0) is 84.6 Å². The monoisotopic (exact) mass is 551 g/mol. The second kappa shape index (κ2) is 8.36. The number of anilines is 3. The molecule has 1 heteroatoms. The first-order chi connectivity index (χ1) is 20.9. The van der Waals surface area contributed by atoms with E-state index in [1.807, 2.05) is 0 Å². The van der Waals surface area contributed by atoms with E-state index in [4.69, 9.17) is 0 Å². The molecule has 0 bridgehead atoms. The highest BCUT2D eigenvalue weighted by molar-refractivity contribution is 6.28. The lowest BCUT2D eigenvalue weighted by molar-refractivity contribution is 0.627. The number of benzene rings is 7. The fourth-order valence-electron chi connectivity index (χ4n) is 8.28. The Kier molecular flexibility index (Phi) is 4.80. The van der Waals surface area contributed by atoms with Crippen molar-refractivity contribution in [3.63, 3.8) is 0 Å². The van der Waals surface area contributed by atoms with Crippen LogP contribution in [0.3, 0.4) is 0 Å². The lowest BCUT2D eigenvalue weighted by atomic mass is 9.71. The van der Waals surface area contributed by atoms with Gasteiger partial charge < -0.3 is 4.90 Å². The summed E-state index contributed by atoms with van der Waals surface area (Å²) >= 11 is 0. The van der Waals surface area contributed by atoms with Gasteiger partial charge in [0.1, 0.15) is 0 Å². The Balaban J connectivity index is 1.44. The molecule has 0 aromatic heterocycles. The molecule has 1 nitrogen and oxygen atoms in total. The minimum atomic E-state index is -0.154. The molecule has 206 valence electrons. The molecule has 0 atom stereocenters. The molecule has 7 aromatic rings. The van der Waals surface area contributed by atoms with Gasteiger partial charge in [-0.2, -0.15) is 0 Å². The number of hydrogen-bond acceptors (Lipinski definition) is 1. The summed E-state index contributed by atoms with van der Waals surface area (Å²) in [6.07, 6.45) is 0. The van der Waals surface area contributed by atoms with E-state index in [1.54, 1.807) is 0 Å². The first-order valence-electron chi connectivity index (χ1n) is 15.4. The van der Waals surface area contributed by atoms with E-state index < -0.39 is 0 Å². The Labute approximate surface area is 253 Å². The van der Waals surface area contributed by atoms with E-state index in [-0.39, 0.29) is 10.8 Å². The van der Waals surface area contributed by atoms with Gasteiger partial charge in [0.2, 0.25) is 0 Å². The van der Waals surface area contributed by atoms with Crippen molar-refractivity contribution >= 4 is 49.4 Å². The van der Waals surface area contributed by atoms with Gasteiger partial charge in [0, 0.05) is 16.2 Å². The van der Waals surface area contributed by atoms with Crippen molar-refractivity contribution in [2.75, 3.05) is 4.90 Å². The van der Waals surface area contributed by atoms with Gasteiger partial charge in [-0.15, -0.1) is 0 Å². The third kappa shape index (κ3) is 3.12. The van der Waals surface area contributed by atoms with Crippen molar-refractivity contribution in [1.29, 1.82) is 0 Å². The zero-order valence-corrected chi connectivity index (χ0v) is 25.1. The molecule has 43 heavy (non-hydrogen) atoms. The highest BCUT2D eigenvalue weighted by Gasteiger charge is 2.42.